The van der Waals surface area contributed by atoms with Gasteiger partial charge in [-0.2, -0.15) is 0 Å². The molecule has 0 amide bonds. The lowest BCUT2D eigenvalue weighted by Crippen LogP contribution is -2.26. The van der Waals surface area contributed by atoms with E-state index in [1.54, 1.807) is 0 Å². The highest BCUT2D eigenvalue weighted by Gasteiger charge is 2.29. The first-order valence-corrected chi connectivity index (χ1v) is 13.0. The Morgan fingerprint density at radius 2 is 0.636 bits per heavy atom. The van der Waals surface area contributed by atoms with Gasteiger partial charge in [-0.15, -0.1) is 0 Å². The molecule has 160 valence electrons. The summed E-state index contributed by atoms with van der Waals surface area (Å²) in [5.41, 5.74) is 2.41. The molecule has 5 aromatic carbocycles. The number of hydrogen-bond acceptors (Lipinski definition) is 1. The van der Waals surface area contributed by atoms with Gasteiger partial charge >= 0.3 is 0 Å². The van der Waals surface area contributed by atoms with E-state index in [9.17, 15) is 0 Å². The topological polar surface area (TPSA) is 12.4 Å². The normalized spacial score (nSPS) is 11.3. The Morgan fingerprint density at radius 1 is 0.364 bits per heavy atom. The van der Waals surface area contributed by atoms with Gasteiger partial charge in [0.25, 0.3) is 0 Å². The van der Waals surface area contributed by atoms with Gasteiger partial charge in [-0.3, -0.25) is 4.74 Å². The number of benzene rings is 5. The molecule has 0 spiro atoms. The third-order valence-corrected chi connectivity index (χ3v) is 9.62. The van der Waals surface area contributed by atoms with Gasteiger partial charge < -0.3 is 0 Å². The molecule has 0 heterocycles. The van der Waals surface area contributed by atoms with Crippen LogP contribution in [0.4, 0.5) is 0 Å². The fourth-order valence-electron chi connectivity index (χ4n) is 4.35. The summed E-state index contributed by atoms with van der Waals surface area (Å²) in [6.07, 6.45) is 0. The van der Waals surface area contributed by atoms with Crippen LogP contribution in [0.3, 0.4) is 0 Å². The summed E-state index contributed by atoms with van der Waals surface area (Å²) >= 11 is 0. The van der Waals surface area contributed by atoms with Crippen molar-refractivity contribution < 1.29 is 0 Å². The Kier molecular flexibility index (Phi) is 6.33. The van der Waals surface area contributed by atoms with Crippen LogP contribution in [0.25, 0.3) is 0 Å². The summed E-state index contributed by atoms with van der Waals surface area (Å²) < 4.78 is 5.87. The maximum absolute atomic E-state index is 5.87. The van der Waals surface area contributed by atoms with Crippen molar-refractivity contribution in [3.05, 3.63) is 163 Å². The summed E-state index contributed by atoms with van der Waals surface area (Å²) in [6, 6.07) is 53.7. The van der Waals surface area contributed by atoms with Crippen molar-refractivity contribution in [1.82, 2.24) is 0 Å². The molecule has 0 unspecified atom stereocenters. The minimum atomic E-state index is -2.32. The fraction of sp³-hybridized carbons (Fsp3) is 0.0323. The van der Waals surface area contributed by atoms with Crippen LogP contribution in [0.15, 0.2) is 156 Å². The second-order valence-electron chi connectivity index (χ2n) is 7.98. The Bertz CT molecular complexity index is 1190. The number of nitrogens with zero attached hydrogens (tertiary/aromatic N) is 1. The zero-order valence-corrected chi connectivity index (χ0v) is 19.3. The van der Waals surface area contributed by atoms with Crippen LogP contribution in [0.2, 0.25) is 0 Å². The zero-order valence-electron chi connectivity index (χ0n) is 18.4. The third-order valence-electron chi connectivity index (χ3n) is 5.91. The molecule has 0 aliphatic carbocycles. The van der Waals surface area contributed by atoms with Crippen LogP contribution >= 0.6 is 7.05 Å². The van der Waals surface area contributed by atoms with E-state index in [1.807, 2.05) is 0 Å². The molecule has 0 aliphatic rings. The van der Waals surface area contributed by atoms with E-state index in [2.05, 4.69) is 152 Å². The lowest BCUT2D eigenvalue weighted by Gasteiger charge is -2.30. The first-order valence-electron chi connectivity index (χ1n) is 11.3. The van der Waals surface area contributed by atoms with Crippen molar-refractivity contribution >= 4 is 23.0 Å². The predicted octanol–water partition coefficient (Wildman–Crippen LogP) is 6.95. The summed E-state index contributed by atoms with van der Waals surface area (Å²) in [7, 11) is -2.32. The number of rotatable bonds is 6. The van der Waals surface area contributed by atoms with Gasteiger partial charge in [0, 0.05) is 15.9 Å². The first kappa shape index (κ1) is 21.2. The molecule has 0 atom stereocenters. The summed E-state index contributed by atoms with van der Waals surface area (Å²) in [5, 5.41) is 3.79. The molecular weight excluding hydrogens is 417 g/mol. The summed E-state index contributed by atoms with van der Waals surface area (Å²) in [5.74, 6) is 0. The molecule has 0 fully saturated rings. The maximum atomic E-state index is 5.87. The third kappa shape index (κ3) is 4.33. The smallest absolute Gasteiger partial charge is 0.0996 e. The van der Waals surface area contributed by atoms with E-state index in [-0.39, 0.29) is 6.04 Å². The lowest BCUT2D eigenvalue weighted by molar-refractivity contribution is 0.886. The molecule has 0 aliphatic heterocycles. The summed E-state index contributed by atoms with van der Waals surface area (Å²) in [4.78, 5) is 0. The van der Waals surface area contributed by atoms with Crippen LogP contribution in [0.1, 0.15) is 17.2 Å². The SMILES string of the molecule is c1ccc(C(N=P(c2ccccc2)(c2ccccc2)c2ccccc2)c2ccccc2)cc1. The zero-order chi connectivity index (χ0) is 22.3. The van der Waals surface area contributed by atoms with Gasteiger partial charge in [0.05, 0.1) is 13.1 Å². The molecule has 33 heavy (non-hydrogen) atoms. The van der Waals surface area contributed by atoms with E-state index in [1.165, 1.54) is 27.0 Å². The highest BCUT2D eigenvalue weighted by Crippen LogP contribution is 2.50. The second kappa shape index (κ2) is 9.86. The highest BCUT2D eigenvalue weighted by molar-refractivity contribution is 7.87. The maximum Gasteiger partial charge on any atom is 0.0996 e. The molecule has 5 aromatic rings. The van der Waals surface area contributed by atoms with E-state index >= 15 is 0 Å². The van der Waals surface area contributed by atoms with Gasteiger partial charge in [-0.1, -0.05) is 152 Å². The van der Waals surface area contributed by atoms with Crippen molar-refractivity contribution in [2.24, 2.45) is 4.74 Å². The fourth-order valence-corrected chi connectivity index (χ4v) is 8.07. The van der Waals surface area contributed by atoms with E-state index in [4.69, 9.17) is 4.74 Å². The van der Waals surface area contributed by atoms with Crippen LogP contribution in [-0.2, 0) is 0 Å². The molecule has 1 nitrogen and oxygen atoms in total. The van der Waals surface area contributed by atoms with E-state index in [0.29, 0.717) is 0 Å². The first-order chi connectivity index (χ1) is 16.4. The highest BCUT2D eigenvalue weighted by atomic mass is 31.2. The van der Waals surface area contributed by atoms with Crippen molar-refractivity contribution in [3.63, 3.8) is 0 Å². The minimum absolute atomic E-state index is 0.0821. The Labute approximate surface area is 196 Å². The quantitative estimate of drug-likeness (QED) is 0.252. The Balaban J connectivity index is 1.90. The van der Waals surface area contributed by atoms with Gasteiger partial charge in [-0.25, -0.2) is 0 Å². The van der Waals surface area contributed by atoms with Gasteiger partial charge in [0.2, 0.25) is 0 Å². The molecule has 0 saturated heterocycles. The Morgan fingerprint density at radius 3 is 0.939 bits per heavy atom. The molecule has 0 aromatic heterocycles. The molecular formula is C31H26NP. The lowest BCUT2D eigenvalue weighted by atomic mass is 10.00. The van der Waals surface area contributed by atoms with Gasteiger partial charge in [-0.05, 0) is 11.1 Å². The average Bonchev–Trinajstić information content (AvgIpc) is 2.92. The molecule has 0 bridgehead atoms. The molecule has 0 radical (unpaired) electrons. The predicted molar refractivity (Wildman–Crippen MR) is 142 cm³/mol. The van der Waals surface area contributed by atoms with Crippen LogP contribution in [0, 0.1) is 0 Å². The average molecular weight is 444 g/mol. The van der Waals surface area contributed by atoms with Crippen molar-refractivity contribution in [2.75, 3.05) is 0 Å². The second-order valence-corrected chi connectivity index (χ2v) is 11.0. The monoisotopic (exact) mass is 443 g/mol. The van der Waals surface area contributed by atoms with Crippen molar-refractivity contribution in [1.29, 1.82) is 0 Å². The molecule has 0 N–H and O–H groups in total. The minimum Gasteiger partial charge on any atom is -0.277 e. The van der Waals surface area contributed by atoms with Crippen LogP contribution in [0.5, 0.6) is 0 Å². The molecule has 5 rings (SSSR count). The largest absolute Gasteiger partial charge is 0.277 e. The van der Waals surface area contributed by atoms with Crippen LogP contribution in [-0.4, -0.2) is 0 Å². The Hall–Kier alpha value is -3.67. The molecule has 0 saturated carbocycles. The molecule has 2 heteroatoms. The van der Waals surface area contributed by atoms with Crippen LogP contribution < -0.4 is 15.9 Å². The van der Waals surface area contributed by atoms with Gasteiger partial charge in [0.1, 0.15) is 0 Å². The standard InChI is InChI=1S/C31H26NP/c1-6-16-26(17-7-1)31(27-18-8-2-9-19-27)32-33(28-20-10-3-11-21-28,29-22-12-4-13-23-29)30-24-14-5-15-25-30/h1-25,31H. The van der Waals surface area contributed by atoms with Crippen molar-refractivity contribution in [3.8, 4) is 0 Å². The summed E-state index contributed by atoms with van der Waals surface area (Å²) in [6.45, 7) is 0. The van der Waals surface area contributed by atoms with Gasteiger partial charge in [0.15, 0.2) is 0 Å². The number of hydrogen-bond donors (Lipinski definition) is 0. The van der Waals surface area contributed by atoms with E-state index in [0.717, 1.165) is 0 Å². The van der Waals surface area contributed by atoms with E-state index < -0.39 is 7.05 Å². The van der Waals surface area contributed by atoms with Crippen molar-refractivity contribution in [2.45, 2.75) is 6.04 Å².